The van der Waals surface area contributed by atoms with Crippen LogP contribution in [0.15, 0.2) is 12.1 Å². The molecule has 76 valence electrons. The van der Waals surface area contributed by atoms with Gasteiger partial charge in [-0.1, -0.05) is 12.1 Å². The Kier molecular flexibility index (Phi) is 2.55. The second kappa shape index (κ2) is 3.70. The molecule has 2 heteroatoms. The van der Waals surface area contributed by atoms with Crippen molar-refractivity contribution >= 4 is 0 Å². The lowest BCUT2D eigenvalue weighted by molar-refractivity contribution is 0.583. The van der Waals surface area contributed by atoms with Crippen molar-refractivity contribution in [1.29, 1.82) is 0 Å². The fourth-order valence-corrected chi connectivity index (χ4v) is 2.17. The molecule has 1 aromatic rings. The maximum atomic E-state index is 13.9. The Morgan fingerprint density at radius 1 is 1.43 bits per heavy atom. The number of benzene rings is 1. The third kappa shape index (κ3) is 1.67. The molecule has 0 saturated carbocycles. The van der Waals surface area contributed by atoms with Gasteiger partial charge in [-0.2, -0.15) is 0 Å². The zero-order valence-electron chi connectivity index (χ0n) is 8.52. The second-order valence-corrected chi connectivity index (χ2v) is 4.21. The van der Waals surface area contributed by atoms with Crippen LogP contribution in [0.4, 0.5) is 4.39 Å². The number of aryl methyl sites for hydroxylation is 1. The van der Waals surface area contributed by atoms with Crippen molar-refractivity contribution in [3.8, 4) is 0 Å². The molecule has 14 heavy (non-hydrogen) atoms. The summed E-state index contributed by atoms with van der Waals surface area (Å²) >= 11 is 0. The van der Waals surface area contributed by atoms with E-state index in [4.69, 9.17) is 5.73 Å². The van der Waals surface area contributed by atoms with Crippen LogP contribution in [0.25, 0.3) is 0 Å². The molecule has 1 nitrogen and oxygen atoms in total. The first kappa shape index (κ1) is 9.66. The summed E-state index contributed by atoms with van der Waals surface area (Å²) in [6.45, 7) is 1.91. The summed E-state index contributed by atoms with van der Waals surface area (Å²) in [6.07, 6.45) is 3.66. The quantitative estimate of drug-likeness (QED) is 0.765. The van der Waals surface area contributed by atoms with Crippen LogP contribution in [0.3, 0.4) is 0 Å². The molecule has 2 rings (SSSR count). The van der Waals surface area contributed by atoms with Crippen LogP contribution < -0.4 is 5.73 Å². The Labute approximate surface area is 84.1 Å². The molecule has 2 N–H and O–H groups in total. The monoisotopic (exact) mass is 193 g/mol. The van der Waals surface area contributed by atoms with E-state index in [0.717, 1.165) is 30.4 Å². The summed E-state index contributed by atoms with van der Waals surface area (Å²) in [5.74, 6) is -0.00250. The van der Waals surface area contributed by atoms with Crippen LogP contribution in [0.5, 0.6) is 0 Å². The van der Waals surface area contributed by atoms with E-state index < -0.39 is 0 Å². The van der Waals surface area contributed by atoms with Gasteiger partial charge in [-0.15, -0.1) is 0 Å². The maximum absolute atomic E-state index is 13.9. The first-order valence-corrected chi connectivity index (χ1v) is 5.23. The van der Waals surface area contributed by atoms with Gasteiger partial charge in [-0.25, -0.2) is 4.39 Å². The van der Waals surface area contributed by atoms with Crippen LogP contribution in [-0.4, -0.2) is 6.04 Å². The third-order valence-electron chi connectivity index (χ3n) is 2.83. The molecule has 0 amide bonds. The first-order valence-electron chi connectivity index (χ1n) is 5.23. The molecule has 0 bridgehead atoms. The molecule has 0 spiro atoms. The molecule has 1 aromatic carbocycles. The van der Waals surface area contributed by atoms with E-state index in [2.05, 4.69) is 6.07 Å². The van der Waals surface area contributed by atoms with Gasteiger partial charge in [0.05, 0.1) is 0 Å². The largest absolute Gasteiger partial charge is 0.328 e. The van der Waals surface area contributed by atoms with Gasteiger partial charge in [0.25, 0.3) is 0 Å². The average molecular weight is 193 g/mol. The Hall–Kier alpha value is -0.890. The zero-order valence-corrected chi connectivity index (χ0v) is 8.52. The standard InChI is InChI=1S/C12H16FN/c1-8(14)7-10-6-5-9-3-2-4-11(9)12(10)13/h5-6,8H,2-4,7,14H2,1H3. The predicted molar refractivity (Wildman–Crippen MR) is 55.8 cm³/mol. The Morgan fingerprint density at radius 3 is 2.93 bits per heavy atom. The van der Waals surface area contributed by atoms with E-state index in [9.17, 15) is 4.39 Å². The topological polar surface area (TPSA) is 26.0 Å². The summed E-state index contributed by atoms with van der Waals surface area (Å²) in [5.41, 5.74) is 8.57. The van der Waals surface area contributed by atoms with Gasteiger partial charge >= 0.3 is 0 Å². The molecule has 1 atom stereocenters. The van der Waals surface area contributed by atoms with Crippen LogP contribution in [-0.2, 0) is 19.3 Å². The highest BCUT2D eigenvalue weighted by Gasteiger charge is 2.17. The zero-order chi connectivity index (χ0) is 10.1. The van der Waals surface area contributed by atoms with Gasteiger partial charge in [-0.05, 0) is 49.3 Å². The number of hydrogen-bond donors (Lipinski definition) is 1. The summed E-state index contributed by atoms with van der Waals surface area (Å²) < 4.78 is 13.9. The Bertz CT molecular complexity index is 344. The van der Waals surface area contributed by atoms with Gasteiger partial charge in [0.2, 0.25) is 0 Å². The minimum Gasteiger partial charge on any atom is -0.328 e. The van der Waals surface area contributed by atoms with Gasteiger partial charge in [0.1, 0.15) is 5.82 Å². The molecule has 1 aliphatic carbocycles. The predicted octanol–water partition coefficient (Wildman–Crippen LogP) is 2.20. The molecular weight excluding hydrogens is 177 g/mol. The van der Waals surface area contributed by atoms with E-state index in [0.29, 0.717) is 6.42 Å². The van der Waals surface area contributed by atoms with E-state index in [1.54, 1.807) is 0 Å². The molecule has 0 saturated heterocycles. The van der Waals surface area contributed by atoms with E-state index in [-0.39, 0.29) is 11.9 Å². The molecule has 0 aromatic heterocycles. The average Bonchev–Trinajstić information content (AvgIpc) is 2.57. The van der Waals surface area contributed by atoms with Gasteiger partial charge in [-0.3, -0.25) is 0 Å². The lowest BCUT2D eigenvalue weighted by Crippen LogP contribution is -2.18. The molecule has 1 unspecified atom stereocenters. The van der Waals surface area contributed by atoms with Crippen molar-refractivity contribution in [3.05, 3.63) is 34.6 Å². The highest BCUT2D eigenvalue weighted by molar-refractivity contribution is 5.37. The molecule has 1 aliphatic rings. The van der Waals surface area contributed by atoms with Crippen molar-refractivity contribution in [2.24, 2.45) is 5.73 Å². The minimum absolute atomic E-state index is 0.00250. The third-order valence-corrected chi connectivity index (χ3v) is 2.83. The van der Waals surface area contributed by atoms with E-state index in [1.807, 2.05) is 13.0 Å². The highest BCUT2D eigenvalue weighted by atomic mass is 19.1. The molecule has 0 fully saturated rings. The number of rotatable bonds is 2. The molecule has 0 aliphatic heterocycles. The fraction of sp³-hybridized carbons (Fsp3) is 0.500. The fourth-order valence-electron chi connectivity index (χ4n) is 2.17. The lowest BCUT2D eigenvalue weighted by atomic mass is 10.0. The van der Waals surface area contributed by atoms with Crippen LogP contribution >= 0.6 is 0 Å². The number of halogens is 1. The number of nitrogens with two attached hydrogens (primary N) is 1. The van der Waals surface area contributed by atoms with Crippen molar-refractivity contribution in [2.45, 2.75) is 38.6 Å². The van der Waals surface area contributed by atoms with Gasteiger partial charge < -0.3 is 5.73 Å². The Balaban J connectivity index is 2.35. The summed E-state index contributed by atoms with van der Waals surface area (Å²) in [4.78, 5) is 0. The molecule has 0 heterocycles. The number of fused-ring (bicyclic) bond motifs is 1. The SMILES string of the molecule is CC(N)Cc1ccc2c(c1F)CCC2. The summed E-state index contributed by atoms with van der Waals surface area (Å²) in [7, 11) is 0. The van der Waals surface area contributed by atoms with Crippen molar-refractivity contribution in [2.75, 3.05) is 0 Å². The van der Waals surface area contributed by atoms with Crippen LogP contribution in [0.2, 0.25) is 0 Å². The second-order valence-electron chi connectivity index (χ2n) is 4.21. The summed E-state index contributed by atoms with van der Waals surface area (Å²) in [5, 5.41) is 0. The number of hydrogen-bond acceptors (Lipinski definition) is 1. The van der Waals surface area contributed by atoms with Gasteiger partial charge in [0.15, 0.2) is 0 Å². The minimum atomic E-state index is -0.00250. The molecular formula is C12H16FN. The van der Waals surface area contributed by atoms with Crippen molar-refractivity contribution in [3.63, 3.8) is 0 Å². The van der Waals surface area contributed by atoms with Gasteiger partial charge in [0, 0.05) is 6.04 Å². The van der Waals surface area contributed by atoms with E-state index >= 15 is 0 Å². The highest BCUT2D eigenvalue weighted by Crippen LogP contribution is 2.26. The van der Waals surface area contributed by atoms with Crippen LogP contribution in [0, 0.1) is 5.82 Å². The van der Waals surface area contributed by atoms with E-state index in [1.165, 1.54) is 5.56 Å². The molecule has 0 radical (unpaired) electrons. The van der Waals surface area contributed by atoms with Crippen LogP contribution in [0.1, 0.15) is 30.0 Å². The maximum Gasteiger partial charge on any atom is 0.129 e. The van der Waals surface area contributed by atoms with Crippen molar-refractivity contribution < 1.29 is 4.39 Å². The summed E-state index contributed by atoms with van der Waals surface area (Å²) in [6, 6.07) is 3.98. The normalized spacial score (nSPS) is 16.8. The smallest absolute Gasteiger partial charge is 0.129 e. The lowest BCUT2D eigenvalue weighted by Gasteiger charge is -2.09. The van der Waals surface area contributed by atoms with Crippen molar-refractivity contribution in [1.82, 2.24) is 0 Å². The Morgan fingerprint density at radius 2 is 2.21 bits per heavy atom. The first-order chi connectivity index (χ1) is 6.68.